The smallest absolute Gasteiger partial charge is 0.315 e. The fraction of sp³-hybridized carbons (Fsp3) is 0.812. The van der Waals surface area contributed by atoms with Gasteiger partial charge in [-0.05, 0) is 59.8 Å². The first-order chi connectivity index (χ1) is 9.37. The van der Waals surface area contributed by atoms with E-state index in [1.54, 1.807) is 7.11 Å². The van der Waals surface area contributed by atoms with Crippen LogP contribution in [0.3, 0.4) is 0 Å². The van der Waals surface area contributed by atoms with Gasteiger partial charge < -0.3 is 13.9 Å². The van der Waals surface area contributed by atoms with Gasteiger partial charge in [0, 0.05) is 13.5 Å². The lowest BCUT2D eigenvalue weighted by atomic mass is 9.76. The predicted molar refractivity (Wildman–Crippen MR) is 86.5 cm³/mol. The van der Waals surface area contributed by atoms with Crippen LogP contribution in [0.1, 0.15) is 40.5 Å². The minimum Gasteiger partial charge on any atom is -0.547 e. The Labute approximate surface area is 130 Å². The molecule has 2 atom stereocenters. The number of carbonyl (C=O) groups is 1. The van der Waals surface area contributed by atoms with Crippen molar-refractivity contribution < 1.29 is 18.7 Å². The van der Waals surface area contributed by atoms with E-state index < -0.39 is 19.3 Å². The molecule has 4 nitrogen and oxygen atoms in total. The van der Waals surface area contributed by atoms with Gasteiger partial charge in [-0.1, -0.05) is 0 Å². The van der Waals surface area contributed by atoms with Crippen LogP contribution in [-0.2, 0) is 18.7 Å². The fourth-order valence-electron chi connectivity index (χ4n) is 2.38. The third-order valence-electron chi connectivity index (χ3n) is 3.41. The van der Waals surface area contributed by atoms with Gasteiger partial charge >= 0.3 is 5.97 Å². The Morgan fingerprint density at radius 2 is 1.90 bits per heavy atom. The molecule has 0 aromatic heterocycles. The van der Waals surface area contributed by atoms with Crippen LogP contribution in [0.5, 0.6) is 0 Å². The van der Waals surface area contributed by atoms with Crippen molar-refractivity contribution in [2.75, 3.05) is 7.11 Å². The molecular formula is C16H30O4Si. The first kappa shape index (κ1) is 18.2. The first-order valence-corrected chi connectivity index (χ1v) is 10.9. The SMILES string of the molecule is COC1C=C(O[Si](C)(C)C)CCC1(C)C(=O)OC(C)(C)C. The Bertz CT molecular complexity index is 417. The van der Waals surface area contributed by atoms with Crippen LogP contribution in [-0.4, -0.2) is 33.1 Å². The van der Waals surface area contributed by atoms with E-state index in [0.717, 1.165) is 12.2 Å². The lowest BCUT2D eigenvalue weighted by molar-refractivity contribution is -0.174. The van der Waals surface area contributed by atoms with Crippen LogP contribution in [0.15, 0.2) is 11.8 Å². The Kier molecular flexibility index (Phi) is 5.32. The van der Waals surface area contributed by atoms with Crippen molar-refractivity contribution in [3.05, 3.63) is 11.8 Å². The van der Waals surface area contributed by atoms with Crippen molar-refractivity contribution in [1.29, 1.82) is 0 Å². The van der Waals surface area contributed by atoms with Crippen LogP contribution >= 0.6 is 0 Å². The van der Waals surface area contributed by atoms with E-state index in [0.29, 0.717) is 6.42 Å². The lowest BCUT2D eigenvalue weighted by Gasteiger charge is -2.39. The maximum Gasteiger partial charge on any atom is 0.315 e. The molecule has 122 valence electrons. The Morgan fingerprint density at radius 3 is 2.33 bits per heavy atom. The van der Waals surface area contributed by atoms with Gasteiger partial charge in [-0.2, -0.15) is 0 Å². The largest absolute Gasteiger partial charge is 0.547 e. The van der Waals surface area contributed by atoms with Gasteiger partial charge in [0.15, 0.2) is 0 Å². The molecule has 2 unspecified atom stereocenters. The van der Waals surface area contributed by atoms with Crippen LogP contribution in [0.25, 0.3) is 0 Å². The van der Waals surface area contributed by atoms with Gasteiger partial charge in [0.25, 0.3) is 0 Å². The summed E-state index contributed by atoms with van der Waals surface area (Å²) < 4.78 is 17.2. The van der Waals surface area contributed by atoms with Crippen molar-refractivity contribution in [2.45, 2.75) is 71.9 Å². The molecule has 21 heavy (non-hydrogen) atoms. The molecule has 0 radical (unpaired) electrons. The van der Waals surface area contributed by atoms with E-state index >= 15 is 0 Å². The fourth-order valence-corrected chi connectivity index (χ4v) is 3.34. The third-order valence-corrected chi connectivity index (χ3v) is 4.29. The average Bonchev–Trinajstić information content (AvgIpc) is 2.27. The van der Waals surface area contributed by atoms with Crippen LogP contribution in [0, 0.1) is 5.41 Å². The van der Waals surface area contributed by atoms with Crippen LogP contribution < -0.4 is 0 Å². The molecule has 0 amide bonds. The second-order valence-electron chi connectivity index (χ2n) is 7.92. The van der Waals surface area contributed by atoms with E-state index in [-0.39, 0.29) is 12.1 Å². The Morgan fingerprint density at radius 1 is 1.33 bits per heavy atom. The molecule has 1 aliphatic rings. The number of carbonyl (C=O) groups excluding carboxylic acids is 1. The quantitative estimate of drug-likeness (QED) is 0.583. The number of rotatable bonds is 4. The third kappa shape index (κ3) is 5.15. The van der Waals surface area contributed by atoms with Gasteiger partial charge in [0.2, 0.25) is 8.32 Å². The van der Waals surface area contributed by atoms with Gasteiger partial charge in [0.05, 0.1) is 17.3 Å². The molecule has 0 aromatic rings. The Hall–Kier alpha value is -0.813. The maximum atomic E-state index is 12.5. The monoisotopic (exact) mass is 314 g/mol. The number of hydrogen-bond acceptors (Lipinski definition) is 4. The molecule has 0 N–H and O–H groups in total. The summed E-state index contributed by atoms with van der Waals surface area (Å²) in [5.41, 5.74) is -1.15. The van der Waals surface area contributed by atoms with E-state index in [1.807, 2.05) is 33.8 Å². The molecule has 0 heterocycles. The Balaban J connectivity index is 2.93. The number of esters is 1. The van der Waals surface area contributed by atoms with E-state index in [9.17, 15) is 4.79 Å². The molecule has 0 spiro atoms. The van der Waals surface area contributed by atoms with Gasteiger partial charge in [-0.25, -0.2) is 0 Å². The summed E-state index contributed by atoms with van der Waals surface area (Å²) in [6.45, 7) is 14.0. The summed E-state index contributed by atoms with van der Waals surface area (Å²) >= 11 is 0. The molecular weight excluding hydrogens is 284 g/mol. The summed E-state index contributed by atoms with van der Waals surface area (Å²) in [4.78, 5) is 12.5. The van der Waals surface area contributed by atoms with Gasteiger partial charge in [-0.15, -0.1) is 0 Å². The topological polar surface area (TPSA) is 44.8 Å². The molecule has 1 aliphatic carbocycles. The number of allylic oxidation sites excluding steroid dienone is 1. The standard InChI is InChI=1S/C16H30O4Si/c1-15(2,3)19-14(17)16(4)10-9-12(11-13(16)18-5)20-21(6,7)8/h11,13H,9-10H2,1-8H3. The van der Waals surface area contributed by atoms with E-state index in [4.69, 9.17) is 13.9 Å². The van der Waals surface area contributed by atoms with Crippen molar-refractivity contribution >= 4 is 14.3 Å². The maximum absolute atomic E-state index is 12.5. The van der Waals surface area contributed by atoms with Crippen LogP contribution in [0.2, 0.25) is 19.6 Å². The summed E-state index contributed by atoms with van der Waals surface area (Å²) in [5, 5.41) is 0. The number of hydrogen-bond donors (Lipinski definition) is 0. The average molecular weight is 314 g/mol. The number of methoxy groups -OCH3 is 1. The van der Waals surface area contributed by atoms with Crippen molar-refractivity contribution in [3.63, 3.8) is 0 Å². The zero-order valence-corrected chi connectivity index (χ0v) is 15.7. The van der Waals surface area contributed by atoms with Gasteiger partial charge in [0.1, 0.15) is 5.60 Å². The van der Waals surface area contributed by atoms with E-state index in [2.05, 4.69) is 19.6 Å². The molecule has 5 heteroatoms. The first-order valence-electron chi connectivity index (χ1n) is 7.53. The summed E-state index contributed by atoms with van der Waals surface area (Å²) in [6.07, 6.45) is 3.06. The lowest BCUT2D eigenvalue weighted by Crippen LogP contribution is -2.46. The molecule has 0 aliphatic heterocycles. The van der Waals surface area contributed by atoms with Crippen LogP contribution in [0.4, 0.5) is 0 Å². The molecule has 1 rings (SSSR count). The second kappa shape index (κ2) is 6.13. The highest BCUT2D eigenvalue weighted by molar-refractivity contribution is 6.70. The minimum absolute atomic E-state index is 0.204. The summed E-state index contributed by atoms with van der Waals surface area (Å²) in [6, 6.07) is 0. The normalized spacial score (nSPS) is 27.0. The molecule has 0 saturated heterocycles. The highest BCUT2D eigenvalue weighted by Crippen LogP contribution is 2.40. The molecule has 0 aromatic carbocycles. The minimum atomic E-state index is -1.64. The van der Waals surface area contributed by atoms with Crippen molar-refractivity contribution in [2.24, 2.45) is 5.41 Å². The molecule has 0 saturated carbocycles. The molecule has 0 bridgehead atoms. The zero-order chi connectivity index (χ0) is 16.5. The van der Waals surface area contributed by atoms with Crippen molar-refractivity contribution in [1.82, 2.24) is 0 Å². The second-order valence-corrected chi connectivity index (χ2v) is 12.4. The summed E-state index contributed by atoms with van der Waals surface area (Å²) in [5.74, 6) is 0.743. The number of ether oxygens (including phenoxy) is 2. The summed E-state index contributed by atoms with van der Waals surface area (Å²) in [7, 11) is -0.0125. The van der Waals surface area contributed by atoms with Gasteiger partial charge in [-0.3, -0.25) is 4.79 Å². The highest BCUT2D eigenvalue weighted by Gasteiger charge is 2.46. The van der Waals surface area contributed by atoms with Crippen molar-refractivity contribution in [3.8, 4) is 0 Å². The molecule has 0 fully saturated rings. The predicted octanol–water partition coefficient (Wildman–Crippen LogP) is 3.88. The van der Waals surface area contributed by atoms with E-state index in [1.165, 1.54) is 0 Å². The highest BCUT2D eigenvalue weighted by atomic mass is 28.4. The zero-order valence-electron chi connectivity index (χ0n) is 14.7.